The molecule has 0 spiro atoms. The number of hydrogen-bond acceptors (Lipinski definition) is 5. The third kappa shape index (κ3) is 3.05. The van der Waals surface area contributed by atoms with Gasteiger partial charge in [0.15, 0.2) is 0 Å². The Kier molecular flexibility index (Phi) is 4.82. The molecule has 8 heteroatoms. The Morgan fingerprint density at radius 2 is 2.09 bits per heavy atom. The molecule has 1 unspecified atom stereocenters. The molecule has 0 saturated carbocycles. The van der Waals surface area contributed by atoms with Crippen molar-refractivity contribution in [3.05, 3.63) is 17.5 Å². The van der Waals surface area contributed by atoms with Gasteiger partial charge in [-0.1, -0.05) is 6.07 Å². The minimum Gasteiger partial charge on any atom is -0.340 e. The Balaban J connectivity index is 1.79. The average Bonchev–Trinajstić information content (AvgIpc) is 3.14. The van der Waals surface area contributed by atoms with Crippen LogP contribution in [0, 0.1) is 0 Å². The number of sulfonamides is 1. The SMILES string of the molecule is O=C(C1CCCN1S(=O)(=O)c1cccs1)N1CCCNCC1. The fraction of sp³-hybridized carbons (Fsp3) is 0.643. The molecule has 1 aromatic rings. The summed E-state index contributed by atoms with van der Waals surface area (Å²) in [5, 5.41) is 5.01. The molecular formula is C14H21N3O3S2. The summed E-state index contributed by atoms with van der Waals surface area (Å²) < 4.78 is 27.2. The molecule has 2 fully saturated rings. The maximum Gasteiger partial charge on any atom is 0.253 e. The van der Waals surface area contributed by atoms with Gasteiger partial charge in [0.2, 0.25) is 5.91 Å². The van der Waals surface area contributed by atoms with Crippen LogP contribution >= 0.6 is 11.3 Å². The van der Waals surface area contributed by atoms with Crippen molar-refractivity contribution in [2.45, 2.75) is 29.5 Å². The van der Waals surface area contributed by atoms with E-state index < -0.39 is 16.1 Å². The van der Waals surface area contributed by atoms with E-state index in [1.165, 1.54) is 15.6 Å². The van der Waals surface area contributed by atoms with Crippen molar-refractivity contribution in [1.29, 1.82) is 0 Å². The molecular weight excluding hydrogens is 322 g/mol. The molecule has 1 amide bonds. The van der Waals surface area contributed by atoms with Crippen molar-refractivity contribution in [1.82, 2.24) is 14.5 Å². The smallest absolute Gasteiger partial charge is 0.253 e. The monoisotopic (exact) mass is 343 g/mol. The van der Waals surface area contributed by atoms with E-state index >= 15 is 0 Å². The Morgan fingerprint density at radius 1 is 1.23 bits per heavy atom. The van der Waals surface area contributed by atoms with E-state index in [-0.39, 0.29) is 5.91 Å². The molecule has 1 aromatic heterocycles. The molecule has 2 aliphatic rings. The third-order valence-electron chi connectivity index (χ3n) is 4.20. The minimum absolute atomic E-state index is 0.0404. The second kappa shape index (κ2) is 6.66. The van der Waals surface area contributed by atoms with E-state index in [1.54, 1.807) is 17.5 Å². The van der Waals surface area contributed by atoms with Gasteiger partial charge in [0.1, 0.15) is 10.3 Å². The standard InChI is InChI=1S/C14H21N3O3S2/c18-14(16-8-3-6-15-7-10-16)12-4-1-9-17(12)22(19,20)13-5-2-11-21-13/h2,5,11-12,15H,1,3-4,6-10H2. The number of carbonyl (C=O) groups is 1. The number of hydrogen-bond donors (Lipinski definition) is 1. The molecule has 2 aliphatic heterocycles. The van der Waals surface area contributed by atoms with E-state index in [1.807, 2.05) is 4.90 Å². The van der Waals surface area contributed by atoms with Crippen LogP contribution in [0.25, 0.3) is 0 Å². The van der Waals surface area contributed by atoms with E-state index in [0.717, 1.165) is 25.9 Å². The molecule has 3 heterocycles. The molecule has 0 aromatic carbocycles. The predicted molar refractivity (Wildman–Crippen MR) is 85.3 cm³/mol. The number of nitrogens with zero attached hydrogens (tertiary/aromatic N) is 2. The largest absolute Gasteiger partial charge is 0.340 e. The van der Waals surface area contributed by atoms with Crippen molar-refractivity contribution >= 4 is 27.3 Å². The molecule has 2 saturated heterocycles. The van der Waals surface area contributed by atoms with Crippen LogP contribution < -0.4 is 5.32 Å². The highest BCUT2D eigenvalue weighted by atomic mass is 32.2. The van der Waals surface area contributed by atoms with Crippen LogP contribution in [0.5, 0.6) is 0 Å². The second-order valence-electron chi connectivity index (χ2n) is 5.63. The molecule has 122 valence electrons. The van der Waals surface area contributed by atoms with Gasteiger partial charge in [-0.2, -0.15) is 4.31 Å². The summed E-state index contributed by atoms with van der Waals surface area (Å²) in [4.78, 5) is 14.6. The number of rotatable bonds is 3. The lowest BCUT2D eigenvalue weighted by Crippen LogP contribution is -2.48. The fourth-order valence-corrected chi connectivity index (χ4v) is 5.85. The highest BCUT2D eigenvalue weighted by molar-refractivity contribution is 7.91. The molecule has 0 aliphatic carbocycles. The normalized spacial score (nSPS) is 24.4. The van der Waals surface area contributed by atoms with Crippen molar-refractivity contribution in [2.75, 3.05) is 32.7 Å². The highest BCUT2D eigenvalue weighted by Gasteiger charge is 2.41. The zero-order valence-electron chi connectivity index (χ0n) is 12.4. The van der Waals surface area contributed by atoms with Crippen LogP contribution in [-0.2, 0) is 14.8 Å². The summed E-state index contributed by atoms with van der Waals surface area (Å²) in [7, 11) is -3.55. The lowest BCUT2D eigenvalue weighted by Gasteiger charge is -2.28. The first kappa shape index (κ1) is 15.9. The van der Waals surface area contributed by atoms with E-state index in [0.29, 0.717) is 30.3 Å². The predicted octanol–water partition coefficient (Wildman–Crippen LogP) is 0.723. The zero-order valence-corrected chi connectivity index (χ0v) is 14.0. The Bertz CT molecular complexity index is 607. The molecule has 1 atom stereocenters. The van der Waals surface area contributed by atoms with Gasteiger partial charge in [-0.15, -0.1) is 11.3 Å². The molecule has 1 N–H and O–H groups in total. The van der Waals surface area contributed by atoms with Gasteiger partial charge in [0.25, 0.3) is 10.0 Å². The summed E-state index contributed by atoms with van der Waals surface area (Å²) in [5.41, 5.74) is 0. The molecule has 3 rings (SSSR count). The molecule has 6 nitrogen and oxygen atoms in total. The highest BCUT2D eigenvalue weighted by Crippen LogP contribution is 2.29. The Hall–Kier alpha value is -0.960. The zero-order chi connectivity index (χ0) is 15.6. The average molecular weight is 343 g/mol. The topological polar surface area (TPSA) is 69.7 Å². The summed E-state index contributed by atoms with van der Waals surface area (Å²) in [5.74, 6) is -0.0404. The maximum absolute atomic E-state index is 12.8. The number of thiophene rings is 1. The van der Waals surface area contributed by atoms with Gasteiger partial charge in [-0.25, -0.2) is 8.42 Å². The second-order valence-corrected chi connectivity index (χ2v) is 8.70. The number of amides is 1. The number of nitrogens with one attached hydrogen (secondary N) is 1. The van der Waals surface area contributed by atoms with Crippen LogP contribution in [-0.4, -0.2) is 62.3 Å². The van der Waals surface area contributed by atoms with Gasteiger partial charge >= 0.3 is 0 Å². The molecule has 22 heavy (non-hydrogen) atoms. The van der Waals surface area contributed by atoms with Crippen molar-refractivity contribution in [3.63, 3.8) is 0 Å². The Labute approximate surface area is 135 Å². The molecule has 0 radical (unpaired) electrons. The van der Waals surface area contributed by atoms with Crippen molar-refractivity contribution in [2.24, 2.45) is 0 Å². The van der Waals surface area contributed by atoms with Crippen LogP contribution in [0.3, 0.4) is 0 Å². The summed E-state index contributed by atoms with van der Waals surface area (Å²) in [6.07, 6.45) is 2.27. The van der Waals surface area contributed by atoms with Gasteiger partial charge in [0.05, 0.1) is 0 Å². The van der Waals surface area contributed by atoms with Gasteiger partial charge in [-0.3, -0.25) is 4.79 Å². The Morgan fingerprint density at radius 3 is 2.86 bits per heavy atom. The first-order valence-electron chi connectivity index (χ1n) is 7.65. The van der Waals surface area contributed by atoms with E-state index in [2.05, 4.69) is 5.32 Å². The first-order valence-corrected chi connectivity index (χ1v) is 9.97. The number of carbonyl (C=O) groups excluding carboxylic acids is 1. The van der Waals surface area contributed by atoms with Gasteiger partial charge in [0, 0.05) is 26.2 Å². The maximum atomic E-state index is 12.8. The third-order valence-corrected chi connectivity index (χ3v) is 7.48. The quantitative estimate of drug-likeness (QED) is 0.878. The summed E-state index contributed by atoms with van der Waals surface area (Å²) >= 11 is 1.20. The minimum atomic E-state index is -3.55. The van der Waals surface area contributed by atoms with Crippen molar-refractivity contribution < 1.29 is 13.2 Å². The van der Waals surface area contributed by atoms with E-state index in [9.17, 15) is 13.2 Å². The van der Waals surface area contributed by atoms with Crippen LogP contribution in [0.2, 0.25) is 0 Å². The van der Waals surface area contributed by atoms with Crippen LogP contribution in [0.4, 0.5) is 0 Å². The molecule has 0 bridgehead atoms. The first-order chi connectivity index (χ1) is 10.6. The van der Waals surface area contributed by atoms with Crippen molar-refractivity contribution in [3.8, 4) is 0 Å². The summed E-state index contributed by atoms with van der Waals surface area (Å²) in [6.45, 7) is 3.47. The van der Waals surface area contributed by atoms with Crippen LogP contribution in [0.1, 0.15) is 19.3 Å². The fourth-order valence-electron chi connectivity index (χ4n) is 3.08. The van der Waals surface area contributed by atoms with Crippen LogP contribution in [0.15, 0.2) is 21.7 Å². The van der Waals surface area contributed by atoms with Gasteiger partial charge < -0.3 is 10.2 Å². The lowest BCUT2D eigenvalue weighted by molar-refractivity contribution is -0.134. The summed E-state index contributed by atoms with van der Waals surface area (Å²) in [6, 6.07) is 2.80. The lowest BCUT2D eigenvalue weighted by atomic mass is 10.2. The van der Waals surface area contributed by atoms with Gasteiger partial charge in [-0.05, 0) is 37.3 Å². The van der Waals surface area contributed by atoms with E-state index in [4.69, 9.17) is 0 Å².